The molecule has 3 N–H and O–H groups in total. The van der Waals surface area contributed by atoms with Crippen LogP contribution in [0.4, 0.5) is 10.8 Å². The van der Waals surface area contributed by atoms with Crippen LogP contribution in [0.25, 0.3) is 0 Å². The lowest BCUT2D eigenvalue weighted by molar-refractivity contribution is -0.114. The van der Waals surface area contributed by atoms with Gasteiger partial charge in [-0.1, -0.05) is 17.4 Å². The Morgan fingerprint density at radius 1 is 1.38 bits per heavy atom. The Labute approximate surface area is 132 Å². The number of para-hydroxylation sites is 1. The van der Waals surface area contributed by atoms with Crippen LogP contribution in [0.3, 0.4) is 0 Å². The van der Waals surface area contributed by atoms with Crippen LogP contribution in [0.1, 0.15) is 6.92 Å². The molecule has 0 atom stereocenters. The van der Waals surface area contributed by atoms with E-state index in [9.17, 15) is 18.3 Å². The lowest BCUT2D eigenvalue weighted by atomic mass is 10.3. The number of benzene rings is 1. The number of nitrogens with zero attached hydrogens (tertiary/aromatic N) is 2. The van der Waals surface area contributed by atoms with Gasteiger partial charge in [-0.05, 0) is 28.1 Å². The van der Waals surface area contributed by atoms with E-state index in [0.29, 0.717) is 15.8 Å². The summed E-state index contributed by atoms with van der Waals surface area (Å²) in [6.07, 6.45) is 0. The van der Waals surface area contributed by atoms with Crippen molar-refractivity contribution in [3.63, 3.8) is 0 Å². The summed E-state index contributed by atoms with van der Waals surface area (Å²) in [7, 11) is -4.00. The molecule has 0 saturated heterocycles. The van der Waals surface area contributed by atoms with Crippen LogP contribution in [-0.2, 0) is 14.8 Å². The maximum Gasteiger partial charge on any atom is 0.291 e. The minimum Gasteiger partial charge on any atom is -0.505 e. The standard InChI is InChI=1S/C10H9BrN4O4S2/c1-5(16)12-9-13-14-10(20-9)21(18,19)15-7-4-2-3-6(11)8(7)17/h2-4,15,17H,1H3,(H,12,13,16). The molecule has 2 aromatic rings. The number of nitrogens with one attached hydrogen (secondary N) is 2. The Balaban J connectivity index is 2.28. The van der Waals surface area contributed by atoms with Gasteiger partial charge in [-0.25, -0.2) is 0 Å². The van der Waals surface area contributed by atoms with Gasteiger partial charge in [0.1, 0.15) is 0 Å². The van der Waals surface area contributed by atoms with Gasteiger partial charge >= 0.3 is 0 Å². The number of sulfonamides is 1. The summed E-state index contributed by atoms with van der Waals surface area (Å²) in [6.45, 7) is 1.27. The molecule has 112 valence electrons. The van der Waals surface area contributed by atoms with E-state index in [1.54, 1.807) is 12.1 Å². The third-order valence-electron chi connectivity index (χ3n) is 2.15. The normalized spacial score (nSPS) is 11.1. The van der Waals surface area contributed by atoms with Crippen molar-refractivity contribution in [2.75, 3.05) is 10.0 Å². The number of aromatic nitrogens is 2. The average molecular weight is 393 g/mol. The summed E-state index contributed by atoms with van der Waals surface area (Å²) in [6, 6.07) is 4.52. The van der Waals surface area contributed by atoms with E-state index >= 15 is 0 Å². The molecule has 1 heterocycles. The van der Waals surface area contributed by atoms with Gasteiger partial charge in [0.25, 0.3) is 14.4 Å². The zero-order valence-corrected chi connectivity index (χ0v) is 13.7. The number of amides is 1. The highest BCUT2D eigenvalue weighted by molar-refractivity contribution is 9.10. The number of hydrogen-bond acceptors (Lipinski definition) is 7. The Bertz CT molecular complexity index is 790. The second-order valence-corrected chi connectivity index (χ2v) is 7.48. The minimum absolute atomic E-state index is 0.000604. The van der Waals surface area contributed by atoms with Gasteiger partial charge in [-0.2, -0.15) is 8.42 Å². The molecule has 1 amide bonds. The van der Waals surface area contributed by atoms with E-state index in [-0.39, 0.29) is 26.8 Å². The maximum atomic E-state index is 12.1. The summed E-state index contributed by atoms with van der Waals surface area (Å²) in [5.74, 6) is -0.625. The number of aromatic hydroxyl groups is 1. The molecular formula is C10H9BrN4O4S2. The molecule has 2 rings (SSSR count). The fourth-order valence-corrected chi connectivity index (χ4v) is 3.69. The van der Waals surface area contributed by atoms with Crippen LogP contribution in [0.15, 0.2) is 27.0 Å². The predicted octanol–water partition coefficient (Wildman–Crippen LogP) is 1.77. The van der Waals surface area contributed by atoms with Crippen molar-refractivity contribution < 1.29 is 18.3 Å². The molecule has 0 spiro atoms. The van der Waals surface area contributed by atoms with E-state index in [4.69, 9.17) is 0 Å². The Kier molecular flexibility index (Phi) is 4.44. The van der Waals surface area contributed by atoms with Gasteiger partial charge in [0.05, 0.1) is 10.2 Å². The lowest BCUT2D eigenvalue weighted by Crippen LogP contribution is -2.12. The van der Waals surface area contributed by atoms with Crippen LogP contribution in [-0.4, -0.2) is 29.6 Å². The topological polar surface area (TPSA) is 121 Å². The van der Waals surface area contributed by atoms with Gasteiger partial charge in [0.15, 0.2) is 5.75 Å². The van der Waals surface area contributed by atoms with Crippen molar-refractivity contribution >= 4 is 54.0 Å². The number of rotatable bonds is 4. The van der Waals surface area contributed by atoms with Crippen LogP contribution in [0.5, 0.6) is 5.75 Å². The summed E-state index contributed by atoms with van der Waals surface area (Å²) >= 11 is 3.78. The van der Waals surface area contributed by atoms with Crippen LogP contribution >= 0.6 is 27.3 Å². The van der Waals surface area contributed by atoms with E-state index in [1.165, 1.54) is 13.0 Å². The second kappa shape index (κ2) is 5.95. The largest absolute Gasteiger partial charge is 0.505 e. The van der Waals surface area contributed by atoms with Gasteiger partial charge in [-0.15, -0.1) is 10.2 Å². The van der Waals surface area contributed by atoms with Crippen molar-refractivity contribution in [3.05, 3.63) is 22.7 Å². The predicted molar refractivity (Wildman–Crippen MR) is 80.8 cm³/mol. The van der Waals surface area contributed by atoms with Gasteiger partial charge in [0, 0.05) is 6.92 Å². The van der Waals surface area contributed by atoms with Crippen molar-refractivity contribution in [1.82, 2.24) is 10.2 Å². The fourth-order valence-electron chi connectivity index (χ4n) is 1.31. The van der Waals surface area contributed by atoms with Crippen LogP contribution < -0.4 is 10.0 Å². The highest BCUT2D eigenvalue weighted by atomic mass is 79.9. The van der Waals surface area contributed by atoms with Crippen molar-refractivity contribution in [3.8, 4) is 5.75 Å². The Morgan fingerprint density at radius 3 is 2.76 bits per heavy atom. The summed E-state index contributed by atoms with van der Waals surface area (Å²) in [4.78, 5) is 10.9. The summed E-state index contributed by atoms with van der Waals surface area (Å²) < 4.78 is 26.5. The number of halogens is 1. The van der Waals surface area contributed by atoms with E-state index in [1.807, 2.05) is 0 Å². The molecule has 0 radical (unpaired) electrons. The van der Waals surface area contributed by atoms with Gasteiger partial charge in [0.2, 0.25) is 11.0 Å². The number of carbonyl (C=O) groups is 1. The fraction of sp³-hybridized carbons (Fsp3) is 0.100. The van der Waals surface area contributed by atoms with E-state index in [0.717, 1.165) is 0 Å². The first-order valence-electron chi connectivity index (χ1n) is 5.41. The smallest absolute Gasteiger partial charge is 0.291 e. The number of hydrogen-bond donors (Lipinski definition) is 3. The molecule has 0 aliphatic rings. The molecule has 1 aromatic heterocycles. The molecular weight excluding hydrogens is 384 g/mol. The molecule has 0 bridgehead atoms. The molecule has 8 nitrogen and oxygen atoms in total. The molecule has 0 fully saturated rings. The van der Waals surface area contributed by atoms with Crippen LogP contribution in [0, 0.1) is 0 Å². The zero-order valence-electron chi connectivity index (χ0n) is 10.5. The van der Waals surface area contributed by atoms with Gasteiger partial charge < -0.3 is 10.4 Å². The SMILES string of the molecule is CC(=O)Nc1nnc(S(=O)(=O)Nc2cccc(Br)c2O)s1. The number of carbonyl (C=O) groups excluding carboxylic acids is 1. The van der Waals surface area contributed by atoms with E-state index in [2.05, 4.69) is 36.2 Å². The average Bonchev–Trinajstić information content (AvgIpc) is 2.83. The Hall–Kier alpha value is -1.72. The highest BCUT2D eigenvalue weighted by Crippen LogP contribution is 2.33. The molecule has 0 aliphatic heterocycles. The second-order valence-electron chi connectivity index (χ2n) is 3.80. The van der Waals surface area contributed by atoms with E-state index < -0.39 is 10.0 Å². The molecule has 0 saturated carbocycles. The summed E-state index contributed by atoms with van der Waals surface area (Å²) in [5.41, 5.74) is 0.000604. The third kappa shape index (κ3) is 3.68. The molecule has 0 unspecified atom stereocenters. The zero-order chi connectivity index (χ0) is 15.6. The van der Waals surface area contributed by atoms with Crippen molar-refractivity contribution in [1.29, 1.82) is 0 Å². The Morgan fingerprint density at radius 2 is 2.10 bits per heavy atom. The molecule has 11 heteroatoms. The first-order valence-corrected chi connectivity index (χ1v) is 8.50. The van der Waals surface area contributed by atoms with Crippen molar-refractivity contribution in [2.45, 2.75) is 11.3 Å². The minimum atomic E-state index is -4.00. The lowest BCUT2D eigenvalue weighted by Gasteiger charge is -2.07. The number of phenolic OH excluding ortho intramolecular Hbond substituents is 1. The third-order valence-corrected chi connectivity index (χ3v) is 5.36. The highest BCUT2D eigenvalue weighted by Gasteiger charge is 2.22. The summed E-state index contributed by atoms with van der Waals surface area (Å²) in [5, 5.41) is 19.2. The first kappa shape index (κ1) is 15.7. The maximum absolute atomic E-state index is 12.1. The molecule has 21 heavy (non-hydrogen) atoms. The van der Waals surface area contributed by atoms with Gasteiger partial charge in [-0.3, -0.25) is 9.52 Å². The van der Waals surface area contributed by atoms with Crippen LogP contribution in [0.2, 0.25) is 0 Å². The molecule has 0 aliphatic carbocycles. The monoisotopic (exact) mass is 392 g/mol. The number of phenols is 1. The quantitative estimate of drug-likeness (QED) is 0.538. The first-order chi connectivity index (χ1) is 9.79. The van der Waals surface area contributed by atoms with Crippen molar-refractivity contribution in [2.24, 2.45) is 0 Å². The molecule has 1 aromatic carbocycles. The number of anilines is 2.